The van der Waals surface area contributed by atoms with Gasteiger partial charge in [0.1, 0.15) is 0 Å². The molecule has 0 radical (unpaired) electrons. The summed E-state index contributed by atoms with van der Waals surface area (Å²) in [6.45, 7) is 7.22. The van der Waals surface area contributed by atoms with Crippen LogP contribution in [0.1, 0.15) is 55.5 Å². The molecular formula is C20H27N3O. The van der Waals surface area contributed by atoms with Crippen LogP contribution in [-0.4, -0.2) is 29.4 Å². The van der Waals surface area contributed by atoms with Crippen LogP contribution in [0.2, 0.25) is 0 Å². The van der Waals surface area contributed by atoms with E-state index < -0.39 is 0 Å². The van der Waals surface area contributed by atoms with Gasteiger partial charge in [-0.2, -0.15) is 0 Å². The van der Waals surface area contributed by atoms with Crippen LogP contribution in [-0.2, 0) is 0 Å². The van der Waals surface area contributed by atoms with E-state index in [-0.39, 0.29) is 5.91 Å². The predicted octanol–water partition coefficient (Wildman–Crippen LogP) is 4.82. The summed E-state index contributed by atoms with van der Waals surface area (Å²) in [7, 11) is 1.84. The lowest BCUT2D eigenvalue weighted by atomic mass is 10.0. The number of benzene rings is 1. The number of amides is 1. The summed E-state index contributed by atoms with van der Waals surface area (Å²) in [4.78, 5) is 18.5. The van der Waals surface area contributed by atoms with Crippen LogP contribution in [0.25, 0.3) is 0 Å². The van der Waals surface area contributed by atoms with Crippen molar-refractivity contribution in [3.63, 3.8) is 0 Å². The molecule has 0 aliphatic rings. The SMILES string of the molecule is CCCCN(C)C(=O)c1cncc(Nc2ccccc2C(C)C)c1. The van der Waals surface area contributed by atoms with E-state index in [4.69, 9.17) is 0 Å². The highest BCUT2D eigenvalue weighted by Gasteiger charge is 2.13. The third-order valence-electron chi connectivity index (χ3n) is 4.04. The van der Waals surface area contributed by atoms with E-state index in [9.17, 15) is 4.79 Å². The summed E-state index contributed by atoms with van der Waals surface area (Å²) in [5, 5.41) is 3.40. The summed E-state index contributed by atoms with van der Waals surface area (Å²) in [6.07, 6.45) is 5.46. The number of nitrogens with zero attached hydrogens (tertiary/aromatic N) is 2. The maximum Gasteiger partial charge on any atom is 0.255 e. The number of nitrogens with one attached hydrogen (secondary N) is 1. The average Bonchev–Trinajstić information content (AvgIpc) is 2.59. The zero-order valence-electron chi connectivity index (χ0n) is 15.0. The van der Waals surface area contributed by atoms with Gasteiger partial charge >= 0.3 is 0 Å². The molecule has 1 heterocycles. The van der Waals surface area contributed by atoms with Gasteiger partial charge in [0.2, 0.25) is 0 Å². The van der Waals surface area contributed by atoms with Gasteiger partial charge in [-0.05, 0) is 30.0 Å². The van der Waals surface area contributed by atoms with Crippen molar-refractivity contribution in [3.05, 3.63) is 53.9 Å². The fourth-order valence-electron chi connectivity index (χ4n) is 2.61. The lowest BCUT2D eigenvalue weighted by molar-refractivity contribution is 0.0793. The Morgan fingerprint density at radius 3 is 2.71 bits per heavy atom. The molecule has 0 fully saturated rings. The number of unbranched alkanes of at least 4 members (excludes halogenated alkanes) is 1. The number of anilines is 2. The molecule has 2 rings (SSSR count). The van der Waals surface area contributed by atoms with Gasteiger partial charge in [0.05, 0.1) is 17.4 Å². The van der Waals surface area contributed by atoms with Gasteiger partial charge in [-0.25, -0.2) is 0 Å². The molecule has 0 aliphatic heterocycles. The molecule has 4 heteroatoms. The van der Waals surface area contributed by atoms with E-state index in [1.165, 1.54) is 5.56 Å². The highest BCUT2D eigenvalue weighted by molar-refractivity contribution is 5.94. The third kappa shape index (κ3) is 4.57. The van der Waals surface area contributed by atoms with Crippen molar-refractivity contribution in [2.75, 3.05) is 18.9 Å². The number of hydrogen-bond donors (Lipinski definition) is 1. The van der Waals surface area contributed by atoms with E-state index in [0.717, 1.165) is 30.8 Å². The Labute approximate surface area is 144 Å². The fourth-order valence-corrected chi connectivity index (χ4v) is 2.61. The first-order valence-corrected chi connectivity index (χ1v) is 8.59. The summed E-state index contributed by atoms with van der Waals surface area (Å²) >= 11 is 0. The van der Waals surface area contributed by atoms with Crippen molar-refractivity contribution < 1.29 is 4.79 Å². The number of para-hydroxylation sites is 1. The minimum atomic E-state index is 0.0109. The molecule has 1 amide bonds. The van der Waals surface area contributed by atoms with E-state index >= 15 is 0 Å². The van der Waals surface area contributed by atoms with Crippen molar-refractivity contribution in [2.24, 2.45) is 0 Å². The second kappa shape index (κ2) is 8.48. The molecular weight excluding hydrogens is 298 g/mol. The second-order valence-corrected chi connectivity index (χ2v) is 6.41. The molecule has 1 N–H and O–H groups in total. The average molecular weight is 325 g/mol. The summed E-state index contributed by atoms with van der Waals surface area (Å²) < 4.78 is 0. The first-order valence-electron chi connectivity index (χ1n) is 8.59. The smallest absolute Gasteiger partial charge is 0.255 e. The van der Waals surface area contributed by atoms with Crippen LogP contribution in [0.5, 0.6) is 0 Å². The Balaban J connectivity index is 2.18. The van der Waals surface area contributed by atoms with Crippen molar-refractivity contribution in [3.8, 4) is 0 Å². The maximum absolute atomic E-state index is 12.5. The highest BCUT2D eigenvalue weighted by atomic mass is 16.2. The lowest BCUT2D eigenvalue weighted by Crippen LogP contribution is -2.27. The minimum Gasteiger partial charge on any atom is -0.354 e. The topological polar surface area (TPSA) is 45.2 Å². The number of aromatic nitrogens is 1. The monoisotopic (exact) mass is 325 g/mol. The van der Waals surface area contributed by atoms with Crippen LogP contribution in [0.3, 0.4) is 0 Å². The largest absolute Gasteiger partial charge is 0.354 e. The quantitative estimate of drug-likeness (QED) is 0.793. The Morgan fingerprint density at radius 1 is 1.25 bits per heavy atom. The van der Waals surface area contributed by atoms with Crippen molar-refractivity contribution >= 4 is 17.3 Å². The Bertz CT molecular complexity index is 682. The van der Waals surface area contributed by atoms with Crippen LogP contribution < -0.4 is 5.32 Å². The molecule has 1 aromatic carbocycles. The van der Waals surface area contributed by atoms with Crippen LogP contribution >= 0.6 is 0 Å². The molecule has 2 aromatic rings. The zero-order chi connectivity index (χ0) is 17.5. The highest BCUT2D eigenvalue weighted by Crippen LogP contribution is 2.26. The molecule has 0 bridgehead atoms. The van der Waals surface area contributed by atoms with Gasteiger partial charge in [-0.15, -0.1) is 0 Å². The zero-order valence-corrected chi connectivity index (χ0v) is 15.0. The fraction of sp³-hybridized carbons (Fsp3) is 0.400. The third-order valence-corrected chi connectivity index (χ3v) is 4.04. The number of carbonyl (C=O) groups is 1. The standard InChI is InChI=1S/C20H27N3O/c1-5-6-11-23(4)20(24)16-12-17(14-21-13-16)22-19-10-8-7-9-18(19)15(2)3/h7-10,12-15,22H,5-6,11H2,1-4H3. The second-order valence-electron chi connectivity index (χ2n) is 6.41. The number of hydrogen-bond acceptors (Lipinski definition) is 3. The van der Waals surface area contributed by atoms with Gasteiger partial charge in [0.25, 0.3) is 5.91 Å². The first-order chi connectivity index (χ1) is 11.5. The number of carbonyl (C=O) groups excluding carboxylic acids is 1. The lowest BCUT2D eigenvalue weighted by Gasteiger charge is -2.18. The van der Waals surface area contributed by atoms with Gasteiger partial charge in [-0.1, -0.05) is 45.4 Å². The molecule has 4 nitrogen and oxygen atoms in total. The van der Waals surface area contributed by atoms with Crippen LogP contribution in [0.4, 0.5) is 11.4 Å². The maximum atomic E-state index is 12.5. The van der Waals surface area contributed by atoms with Gasteiger partial charge in [0.15, 0.2) is 0 Å². The van der Waals surface area contributed by atoms with Crippen LogP contribution in [0, 0.1) is 0 Å². The molecule has 128 valence electrons. The number of pyridine rings is 1. The molecule has 0 aliphatic carbocycles. The minimum absolute atomic E-state index is 0.0109. The molecule has 24 heavy (non-hydrogen) atoms. The van der Waals surface area contributed by atoms with E-state index in [0.29, 0.717) is 11.5 Å². The van der Waals surface area contributed by atoms with Crippen LogP contribution in [0.15, 0.2) is 42.7 Å². The van der Waals surface area contributed by atoms with Crippen molar-refractivity contribution in [1.82, 2.24) is 9.88 Å². The first kappa shape index (κ1) is 18.0. The predicted molar refractivity (Wildman–Crippen MR) is 99.9 cm³/mol. The molecule has 0 saturated heterocycles. The van der Waals surface area contributed by atoms with E-state index in [1.54, 1.807) is 17.3 Å². The molecule has 0 spiro atoms. The molecule has 0 atom stereocenters. The normalized spacial score (nSPS) is 10.7. The number of rotatable bonds is 7. The molecule has 0 saturated carbocycles. The van der Waals surface area contributed by atoms with Gasteiger partial charge < -0.3 is 10.2 Å². The Hall–Kier alpha value is -2.36. The molecule has 0 unspecified atom stereocenters. The van der Waals surface area contributed by atoms with E-state index in [1.807, 2.05) is 25.2 Å². The van der Waals surface area contributed by atoms with E-state index in [2.05, 4.69) is 43.2 Å². The Kier molecular flexibility index (Phi) is 6.36. The summed E-state index contributed by atoms with van der Waals surface area (Å²) in [5.41, 5.74) is 3.74. The Morgan fingerprint density at radius 2 is 2.00 bits per heavy atom. The van der Waals surface area contributed by atoms with Gasteiger partial charge in [0, 0.05) is 25.5 Å². The summed E-state index contributed by atoms with van der Waals surface area (Å²) in [6, 6.07) is 10.1. The summed E-state index contributed by atoms with van der Waals surface area (Å²) in [5.74, 6) is 0.434. The van der Waals surface area contributed by atoms with Gasteiger partial charge in [-0.3, -0.25) is 9.78 Å². The van der Waals surface area contributed by atoms with Crippen molar-refractivity contribution in [1.29, 1.82) is 0 Å². The molecule has 1 aromatic heterocycles. The van der Waals surface area contributed by atoms with Crippen molar-refractivity contribution in [2.45, 2.75) is 39.5 Å².